The summed E-state index contributed by atoms with van der Waals surface area (Å²) < 4.78 is 10.1. The average Bonchev–Trinajstić information content (AvgIpc) is 2.04. The van der Waals surface area contributed by atoms with Crippen molar-refractivity contribution in [3.63, 3.8) is 0 Å². The first-order valence-corrected chi connectivity index (χ1v) is 4.77. The maximum absolute atomic E-state index is 11.0. The van der Waals surface area contributed by atoms with Crippen molar-refractivity contribution in [3.8, 4) is 0 Å². The molecule has 2 atom stereocenters. The van der Waals surface area contributed by atoms with E-state index < -0.39 is 0 Å². The molecular weight excluding hydrogens is 170 g/mol. The van der Waals surface area contributed by atoms with Crippen molar-refractivity contribution < 1.29 is 14.3 Å². The number of nitrogens with one attached hydrogen (secondary N) is 1. The molecule has 1 aliphatic heterocycles. The van der Waals surface area contributed by atoms with Crippen molar-refractivity contribution >= 4 is 6.09 Å². The molecule has 76 valence electrons. The molecule has 2 unspecified atom stereocenters. The quantitative estimate of drug-likeness (QED) is 0.708. The number of carbonyl (C=O) groups excluding carboxylic acids is 1. The Balaban J connectivity index is 2.23. The van der Waals surface area contributed by atoms with Gasteiger partial charge in [0.15, 0.2) is 0 Å². The summed E-state index contributed by atoms with van der Waals surface area (Å²) in [5.74, 6) is 0. The Labute approximate surface area is 78.6 Å². The molecule has 0 aromatic carbocycles. The van der Waals surface area contributed by atoms with Gasteiger partial charge in [-0.1, -0.05) is 0 Å². The number of hydrogen-bond acceptors (Lipinski definition) is 3. The van der Waals surface area contributed by atoms with Crippen molar-refractivity contribution in [1.29, 1.82) is 0 Å². The van der Waals surface area contributed by atoms with Crippen LogP contribution in [0.25, 0.3) is 0 Å². The molecule has 0 aromatic heterocycles. The first kappa shape index (κ1) is 10.3. The van der Waals surface area contributed by atoms with Gasteiger partial charge in [0, 0.05) is 12.6 Å². The predicted molar refractivity (Wildman–Crippen MR) is 48.6 cm³/mol. The zero-order valence-electron chi connectivity index (χ0n) is 8.21. The Bertz CT molecular complexity index is 172. The summed E-state index contributed by atoms with van der Waals surface area (Å²) in [6.07, 6.45) is 1.67. The van der Waals surface area contributed by atoms with E-state index in [1.54, 1.807) is 6.92 Å². The molecular formula is C9H17NO3. The predicted octanol–water partition coefficient (Wildman–Crippen LogP) is 1.30. The van der Waals surface area contributed by atoms with Crippen LogP contribution >= 0.6 is 0 Å². The monoisotopic (exact) mass is 187 g/mol. The van der Waals surface area contributed by atoms with Gasteiger partial charge in [0.2, 0.25) is 0 Å². The Morgan fingerprint density at radius 3 is 3.08 bits per heavy atom. The smallest absolute Gasteiger partial charge is 0.407 e. The Morgan fingerprint density at radius 2 is 2.46 bits per heavy atom. The zero-order valence-corrected chi connectivity index (χ0v) is 8.21. The molecule has 0 aromatic rings. The minimum atomic E-state index is -0.318. The van der Waals surface area contributed by atoms with Crippen LogP contribution in [-0.4, -0.2) is 31.5 Å². The normalized spacial score (nSPS) is 28.2. The molecule has 0 saturated carbocycles. The molecule has 0 bridgehead atoms. The molecule has 1 heterocycles. The van der Waals surface area contributed by atoms with Crippen molar-refractivity contribution in [2.75, 3.05) is 13.2 Å². The van der Waals surface area contributed by atoms with E-state index in [9.17, 15) is 4.79 Å². The van der Waals surface area contributed by atoms with Crippen LogP contribution in [0, 0.1) is 0 Å². The first-order chi connectivity index (χ1) is 6.22. The lowest BCUT2D eigenvalue weighted by atomic mass is 10.1. The fourth-order valence-corrected chi connectivity index (χ4v) is 1.47. The highest BCUT2D eigenvalue weighted by Gasteiger charge is 2.20. The highest BCUT2D eigenvalue weighted by atomic mass is 16.5. The standard InChI is InChI=1S/C9H17NO3/c1-3-12-9(11)10-8-4-5-13-7(2)6-8/h7-8H,3-6H2,1-2H3,(H,10,11). The van der Waals surface area contributed by atoms with Crippen LogP contribution in [0.4, 0.5) is 4.79 Å². The molecule has 4 nitrogen and oxygen atoms in total. The van der Waals surface area contributed by atoms with Gasteiger partial charge < -0.3 is 14.8 Å². The number of amides is 1. The van der Waals surface area contributed by atoms with Crippen LogP contribution < -0.4 is 5.32 Å². The lowest BCUT2D eigenvalue weighted by molar-refractivity contribution is 0.0131. The third kappa shape index (κ3) is 3.63. The second kappa shape index (κ2) is 5.07. The van der Waals surface area contributed by atoms with E-state index in [-0.39, 0.29) is 18.2 Å². The third-order valence-electron chi connectivity index (χ3n) is 2.08. The fraction of sp³-hybridized carbons (Fsp3) is 0.889. The van der Waals surface area contributed by atoms with Crippen molar-refractivity contribution in [2.24, 2.45) is 0 Å². The van der Waals surface area contributed by atoms with E-state index in [0.717, 1.165) is 19.4 Å². The van der Waals surface area contributed by atoms with E-state index in [2.05, 4.69) is 5.32 Å². The third-order valence-corrected chi connectivity index (χ3v) is 2.08. The maximum Gasteiger partial charge on any atom is 0.407 e. The molecule has 1 rings (SSSR count). The van der Waals surface area contributed by atoms with Crippen molar-refractivity contribution in [1.82, 2.24) is 5.32 Å². The number of rotatable bonds is 2. The summed E-state index contributed by atoms with van der Waals surface area (Å²) in [6, 6.07) is 0.211. The van der Waals surface area contributed by atoms with Gasteiger partial charge in [-0.3, -0.25) is 0 Å². The summed E-state index contributed by atoms with van der Waals surface area (Å²) in [7, 11) is 0. The van der Waals surface area contributed by atoms with Crippen LogP contribution in [0.1, 0.15) is 26.7 Å². The lowest BCUT2D eigenvalue weighted by Crippen LogP contribution is -2.41. The van der Waals surface area contributed by atoms with Gasteiger partial charge >= 0.3 is 6.09 Å². The summed E-state index contributed by atoms with van der Waals surface area (Å²) >= 11 is 0. The van der Waals surface area contributed by atoms with Crippen LogP contribution in [-0.2, 0) is 9.47 Å². The van der Waals surface area contributed by atoms with Gasteiger partial charge in [0.1, 0.15) is 0 Å². The minimum absolute atomic E-state index is 0.211. The van der Waals surface area contributed by atoms with Gasteiger partial charge in [0.05, 0.1) is 12.7 Å². The zero-order chi connectivity index (χ0) is 9.68. The highest BCUT2D eigenvalue weighted by molar-refractivity contribution is 5.67. The Hall–Kier alpha value is -0.770. The first-order valence-electron chi connectivity index (χ1n) is 4.77. The number of ether oxygens (including phenoxy) is 2. The second-order valence-corrected chi connectivity index (χ2v) is 3.27. The van der Waals surface area contributed by atoms with Crippen LogP contribution in [0.5, 0.6) is 0 Å². The summed E-state index contributed by atoms with van der Waals surface area (Å²) in [5, 5.41) is 2.81. The fourth-order valence-electron chi connectivity index (χ4n) is 1.47. The molecule has 0 radical (unpaired) electrons. The Kier molecular flexibility index (Phi) is 4.02. The molecule has 1 saturated heterocycles. The number of alkyl carbamates (subject to hydrolysis) is 1. The maximum atomic E-state index is 11.0. The average molecular weight is 187 g/mol. The molecule has 1 fully saturated rings. The molecule has 4 heteroatoms. The van der Waals surface area contributed by atoms with Gasteiger partial charge in [0.25, 0.3) is 0 Å². The van der Waals surface area contributed by atoms with Crippen LogP contribution in [0.2, 0.25) is 0 Å². The topological polar surface area (TPSA) is 47.6 Å². The van der Waals surface area contributed by atoms with E-state index in [4.69, 9.17) is 9.47 Å². The second-order valence-electron chi connectivity index (χ2n) is 3.27. The minimum Gasteiger partial charge on any atom is -0.450 e. The number of carbonyl (C=O) groups is 1. The summed E-state index contributed by atoms with van der Waals surface area (Å²) in [6.45, 7) is 4.95. The van der Waals surface area contributed by atoms with Crippen LogP contribution in [0.15, 0.2) is 0 Å². The largest absolute Gasteiger partial charge is 0.450 e. The summed E-state index contributed by atoms with van der Waals surface area (Å²) in [5.41, 5.74) is 0. The van der Waals surface area contributed by atoms with Crippen molar-refractivity contribution in [2.45, 2.75) is 38.8 Å². The number of hydrogen-bond donors (Lipinski definition) is 1. The van der Waals surface area contributed by atoms with Gasteiger partial charge in [-0.15, -0.1) is 0 Å². The molecule has 1 amide bonds. The Morgan fingerprint density at radius 1 is 1.69 bits per heavy atom. The summed E-state index contributed by atoms with van der Waals surface area (Å²) in [4.78, 5) is 11.0. The molecule has 1 N–H and O–H groups in total. The molecule has 13 heavy (non-hydrogen) atoms. The highest BCUT2D eigenvalue weighted by Crippen LogP contribution is 2.12. The van der Waals surface area contributed by atoms with E-state index in [1.165, 1.54) is 0 Å². The molecule has 0 aliphatic carbocycles. The van der Waals surface area contributed by atoms with E-state index >= 15 is 0 Å². The molecule has 1 aliphatic rings. The van der Waals surface area contributed by atoms with Gasteiger partial charge in [-0.2, -0.15) is 0 Å². The SMILES string of the molecule is CCOC(=O)NC1CCOC(C)C1. The van der Waals surface area contributed by atoms with Gasteiger partial charge in [-0.25, -0.2) is 4.79 Å². The van der Waals surface area contributed by atoms with Crippen molar-refractivity contribution in [3.05, 3.63) is 0 Å². The van der Waals surface area contributed by atoms with Crippen LogP contribution in [0.3, 0.4) is 0 Å². The lowest BCUT2D eigenvalue weighted by Gasteiger charge is -2.27. The molecule has 0 spiro atoms. The van der Waals surface area contributed by atoms with E-state index in [0.29, 0.717) is 6.61 Å². The van der Waals surface area contributed by atoms with E-state index in [1.807, 2.05) is 6.92 Å². The van der Waals surface area contributed by atoms with Gasteiger partial charge in [-0.05, 0) is 26.7 Å².